The van der Waals surface area contributed by atoms with Gasteiger partial charge in [-0.1, -0.05) is 30.9 Å². The van der Waals surface area contributed by atoms with Gasteiger partial charge in [0.05, 0.1) is 5.56 Å². The number of rotatable bonds is 5. The number of aliphatic hydroxyl groups is 1. The van der Waals surface area contributed by atoms with E-state index in [0.29, 0.717) is 17.7 Å². The van der Waals surface area contributed by atoms with E-state index < -0.39 is 6.04 Å². The van der Waals surface area contributed by atoms with Gasteiger partial charge in [-0.25, -0.2) is 0 Å². The number of hydrogen-bond acceptors (Lipinski definition) is 3. The number of carbonyl (C=O) groups is 2. The van der Waals surface area contributed by atoms with Crippen LogP contribution in [0, 0.1) is 11.8 Å². The molecule has 0 aliphatic heterocycles. The Morgan fingerprint density at radius 3 is 2.71 bits per heavy atom. The lowest BCUT2D eigenvalue weighted by Gasteiger charge is -2.14. The fourth-order valence-corrected chi connectivity index (χ4v) is 1.67. The minimum absolute atomic E-state index is 0.218. The lowest BCUT2D eigenvalue weighted by molar-refractivity contribution is -0.122. The summed E-state index contributed by atoms with van der Waals surface area (Å²) in [6, 6.07) is 6.19. The maximum absolute atomic E-state index is 12.2. The van der Waals surface area contributed by atoms with Crippen LogP contribution in [0.4, 0.5) is 0 Å². The molecule has 1 aromatic rings. The highest BCUT2D eigenvalue weighted by atomic mass is 16.2. The highest BCUT2D eigenvalue weighted by Crippen LogP contribution is 2.07. The van der Waals surface area contributed by atoms with Gasteiger partial charge in [0.2, 0.25) is 5.91 Å². The first kappa shape index (κ1) is 16.7. The second-order valence-electron chi connectivity index (χ2n) is 4.49. The van der Waals surface area contributed by atoms with Gasteiger partial charge in [0, 0.05) is 12.1 Å². The molecule has 0 saturated heterocycles. The Bertz CT molecular complexity index is 558. The molecule has 0 heterocycles. The molecule has 1 atom stereocenters. The molecule has 2 amide bonds. The zero-order chi connectivity index (χ0) is 15.7. The van der Waals surface area contributed by atoms with Gasteiger partial charge in [-0.05, 0) is 25.5 Å². The van der Waals surface area contributed by atoms with Crippen LogP contribution in [0.5, 0.6) is 0 Å². The van der Waals surface area contributed by atoms with Crippen LogP contribution in [0.3, 0.4) is 0 Å². The first-order valence-corrected chi connectivity index (χ1v) is 6.87. The van der Waals surface area contributed by atoms with E-state index in [9.17, 15) is 9.59 Å². The SMILES string of the molecule is CCCNC(=O)C(C)NC(=O)c1ccccc1C#CCO. The van der Waals surface area contributed by atoms with E-state index in [1.54, 1.807) is 31.2 Å². The summed E-state index contributed by atoms with van der Waals surface area (Å²) in [7, 11) is 0. The molecular weight excluding hydrogens is 268 g/mol. The summed E-state index contributed by atoms with van der Waals surface area (Å²) >= 11 is 0. The molecule has 112 valence electrons. The normalized spacial score (nSPS) is 11.0. The monoisotopic (exact) mass is 288 g/mol. The molecular formula is C16H20N2O3. The minimum atomic E-state index is -0.622. The Morgan fingerprint density at radius 1 is 1.33 bits per heavy atom. The van der Waals surface area contributed by atoms with Crippen LogP contribution in [-0.4, -0.2) is 36.1 Å². The van der Waals surface area contributed by atoms with Gasteiger partial charge in [-0.2, -0.15) is 0 Å². The zero-order valence-corrected chi connectivity index (χ0v) is 12.3. The minimum Gasteiger partial charge on any atom is -0.384 e. The maximum Gasteiger partial charge on any atom is 0.253 e. The van der Waals surface area contributed by atoms with Crippen LogP contribution < -0.4 is 10.6 Å². The van der Waals surface area contributed by atoms with Crippen molar-refractivity contribution < 1.29 is 14.7 Å². The van der Waals surface area contributed by atoms with Crippen LogP contribution in [0.15, 0.2) is 24.3 Å². The predicted molar refractivity (Wildman–Crippen MR) is 80.6 cm³/mol. The first-order valence-electron chi connectivity index (χ1n) is 6.87. The Balaban J connectivity index is 2.78. The molecule has 0 aliphatic carbocycles. The van der Waals surface area contributed by atoms with Crippen LogP contribution in [0.1, 0.15) is 36.2 Å². The Hall–Kier alpha value is -2.32. The van der Waals surface area contributed by atoms with E-state index in [2.05, 4.69) is 22.5 Å². The van der Waals surface area contributed by atoms with Gasteiger partial charge in [0.25, 0.3) is 5.91 Å². The molecule has 0 saturated carbocycles. The van der Waals surface area contributed by atoms with E-state index in [-0.39, 0.29) is 18.4 Å². The average molecular weight is 288 g/mol. The highest BCUT2D eigenvalue weighted by molar-refractivity contribution is 5.99. The molecule has 0 radical (unpaired) electrons. The number of aliphatic hydroxyl groups excluding tert-OH is 1. The van der Waals surface area contributed by atoms with Crippen LogP contribution >= 0.6 is 0 Å². The second kappa shape index (κ2) is 8.77. The van der Waals surface area contributed by atoms with E-state index in [1.807, 2.05) is 6.92 Å². The van der Waals surface area contributed by atoms with Crippen molar-refractivity contribution in [2.24, 2.45) is 0 Å². The van der Waals surface area contributed by atoms with Gasteiger partial charge >= 0.3 is 0 Å². The highest BCUT2D eigenvalue weighted by Gasteiger charge is 2.17. The smallest absolute Gasteiger partial charge is 0.253 e. The molecule has 5 nitrogen and oxygen atoms in total. The van der Waals surface area contributed by atoms with Crippen molar-refractivity contribution in [1.82, 2.24) is 10.6 Å². The topological polar surface area (TPSA) is 78.4 Å². The number of carbonyl (C=O) groups excluding carboxylic acids is 2. The first-order chi connectivity index (χ1) is 10.1. The quantitative estimate of drug-likeness (QED) is 0.697. The van der Waals surface area contributed by atoms with Gasteiger partial charge in [0.1, 0.15) is 12.6 Å². The molecule has 0 spiro atoms. The standard InChI is InChI=1S/C16H20N2O3/c1-3-10-17-15(20)12(2)18-16(21)14-9-5-4-7-13(14)8-6-11-19/h4-5,7,9,12,19H,3,10-11H2,1-2H3,(H,17,20)(H,18,21). The molecule has 3 N–H and O–H groups in total. The summed E-state index contributed by atoms with van der Waals surface area (Å²) < 4.78 is 0. The Morgan fingerprint density at radius 2 is 2.05 bits per heavy atom. The predicted octanol–water partition coefficient (Wildman–Crippen LogP) is 0.675. The number of amides is 2. The van der Waals surface area contributed by atoms with Gasteiger partial charge in [-0.15, -0.1) is 0 Å². The van der Waals surface area contributed by atoms with Crippen molar-refractivity contribution in [2.45, 2.75) is 26.3 Å². The van der Waals surface area contributed by atoms with Gasteiger partial charge < -0.3 is 15.7 Å². The third kappa shape index (κ3) is 5.28. The van der Waals surface area contributed by atoms with Crippen molar-refractivity contribution in [3.8, 4) is 11.8 Å². The molecule has 0 aliphatic rings. The van der Waals surface area contributed by atoms with Crippen molar-refractivity contribution in [3.05, 3.63) is 35.4 Å². The largest absolute Gasteiger partial charge is 0.384 e. The molecule has 0 bridgehead atoms. The molecule has 1 unspecified atom stereocenters. The number of nitrogens with one attached hydrogen (secondary N) is 2. The van der Waals surface area contributed by atoms with Gasteiger partial charge in [-0.3, -0.25) is 9.59 Å². The van der Waals surface area contributed by atoms with E-state index in [1.165, 1.54) is 0 Å². The van der Waals surface area contributed by atoms with Crippen LogP contribution in [0.2, 0.25) is 0 Å². The lowest BCUT2D eigenvalue weighted by Crippen LogP contribution is -2.45. The summed E-state index contributed by atoms with van der Waals surface area (Å²) in [6.07, 6.45) is 0.839. The van der Waals surface area contributed by atoms with Gasteiger partial charge in [0.15, 0.2) is 0 Å². The molecule has 0 aromatic heterocycles. The summed E-state index contributed by atoms with van der Waals surface area (Å²) in [5.41, 5.74) is 0.902. The van der Waals surface area contributed by atoms with E-state index in [0.717, 1.165) is 6.42 Å². The van der Waals surface area contributed by atoms with E-state index in [4.69, 9.17) is 5.11 Å². The maximum atomic E-state index is 12.2. The van der Waals surface area contributed by atoms with Crippen molar-refractivity contribution in [1.29, 1.82) is 0 Å². The van der Waals surface area contributed by atoms with E-state index >= 15 is 0 Å². The lowest BCUT2D eigenvalue weighted by atomic mass is 10.1. The third-order valence-corrected chi connectivity index (χ3v) is 2.76. The molecule has 1 rings (SSSR count). The van der Waals surface area contributed by atoms with Crippen molar-refractivity contribution >= 4 is 11.8 Å². The summed E-state index contributed by atoms with van der Waals surface area (Å²) in [5.74, 6) is 4.65. The van der Waals surface area contributed by atoms with Crippen molar-refractivity contribution in [2.75, 3.05) is 13.2 Å². The molecule has 1 aromatic carbocycles. The number of hydrogen-bond donors (Lipinski definition) is 3. The van der Waals surface area contributed by atoms with Crippen molar-refractivity contribution in [3.63, 3.8) is 0 Å². The Kier molecular flexibility index (Phi) is 6.99. The molecule has 5 heteroatoms. The second-order valence-corrected chi connectivity index (χ2v) is 4.49. The summed E-state index contributed by atoms with van der Waals surface area (Å²) in [6.45, 7) is 3.90. The molecule has 21 heavy (non-hydrogen) atoms. The fraction of sp³-hybridized carbons (Fsp3) is 0.375. The molecule has 0 fully saturated rings. The zero-order valence-electron chi connectivity index (χ0n) is 12.3. The summed E-state index contributed by atoms with van der Waals surface area (Å²) in [5, 5.41) is 14.1. The fourth-order valence-electron chi connectivity index (χ4n) is 1.67. The summed E-state index contributed by atoms with van der Waals surface area (Å²) in [4.78, 5) is 23.9. The number of benzene rings is 1. The average Bonchev–Trinajstić information content (AvgIpc) is 2.50. The third-order valence-electron chi connectivity index (χ3n) is 2.76. The van der Waals surface area contributed by atoms with Crippen LogP contribution in [0.25, 0.3) is 0 Å². The van der Waals surface area contributed by atoms with Crippen LogP contribution in [-0.2, 0) is 4.79 Å². The Labute approximate surface area is 124 Å².